The largest absolute Gasteiger partial charge is 0.477 e. The van der Waals surface area contributed by atoms with Gasteiger partial charge in [-0.1, -0.05) is 0 Å². The van der Waals surface area contributed by atoms with E-state index in [2.05, 4.69) is 28.1 Å². The number of pyridine rings is 1. The second-order valence-electron chi connectivity index (χ2n) is 7.36. The van der Waals surface area contributed by atoms with Crippen LogP contribution in [0, 0.1) is 6.92 Å². The van der Waals surface area contributed by atoms with E-state index in [1.54, 1.807) is 11.3 Å². The molecule has 2 aliphatic rings. The molecule has 0 aromatic carbocycles. The number of ether oxygens (including phenoxy) is 1. The van der Waals surface area contributed by atoms with E-state index in [0.29, 0.717) is 12.5 Å². The minimum atomic E-state index is 0. The molecule has 1 N–H and O–H groups in total. The van der Waals surface area contributed by atoms with E-state index in [0.717, 1.165) is 71.5 Å². The van der Waals surface area contributed by atoms with Crippen molar-refractivity contribution in [1.82, 2.24) is 20.3 Å². The third-order valence-electron chi connectivity index (χ3n) is 5.44. The summed E-state index contributed by atoms with van der Waals surface area (Å²) in [4.78, 5) is 20.5. The minimum Gasteiger partial charge on any atom is -0.477 e. The maximum Gasteiger partial charge on any atom is 0.236 e. The lowest BCUT2D eigenvalue weighted by molar-refractivity contribution is 0.331. The first-order chi connectivity index (χ1) is 14.2. The summed E-state index contributed by atoms with van der Waals surface area (Å²) in [5, 5.41) is 4.53. The summed E-state index contributed by atoms with van der Waals surface area (Å²) >= 11 is 3.67. The molecule has 7 nitrogen and oxygen atoms in total. The number of thioether (sulfide) groups is 1. The maximum absolute atomic E-state index is 5.94. The summed E-state index contributed by atoms with van der Waals surface area (Å²) in [7, 11) is 0. The van der Waals surface area contributed by atoms with Crippen LogP contribution >= 0.6 is 35.5 Å². The Morgan fingerprint density at radius 1 is 1.07 bits per heavy atom. The highest BCUT2D eigenvalue weighted by Gasteiger charge is 2.22. The molecular formula is C20H27ClN6OS2. The topological polar surface area (TPSA) is 66.4 Å². The van der Waals surface area contributed by atoms with Crippen LogP contribution in [0.3, 0.4) is 0 Å². The first-order valence-corrected chi connectivity index (χ1v) is 12.2. The van der Waals surface area contributed by atoms with E-state index in [4.69, 9.17) is 19.7 Å². The smallest absolute Gasteiger partial charge is 0.236 e. The zero-order chi connectivity index (χ0) is 19.8. The molecule has 10 heteroatoms. The van der Waals surface area contributed by atoms with Gasteiger partial charge in [0, 0.05) is 56.2 Å². The number of nitrogens with zero attached hydrogens (tertiary/aromatic N) is 5. The highest BCUT2D eigenvalue weighted by Crippen LogP contribution is 2.40. The number of piperazine rings is 1. The van der Waals surface area contributed by atoms with Gasteiger partial charge in [0.15, 0.2) is 0 Å². The lowest BCUT2D eigenvalue weighted by Crippen LogP contribution is -2.44. The predicted molar refractivity (Wildman–Crippen MR) is 130 cm³/mol. The van der Waals surface area contributed by atoms with E-state index in [-0.39, 0.29) is 12.4 Å². The second kappa shape index (κ2) is 9.30. The monoisotopic (exact) mass is 466 g/mol. The molecule has 5 heterocycles. The number of fused-ring (bicyclic) bond motifs is 3. The second-order valence-corrected chi connectivity index (χ2v) is 9.58. The maximum atomic E-state index is 5.94. The van der Waals surface area contributed by atoms with Crippen molar-refractivity contribution in [2.75, 3.05) is 67.2 Å². The van der Waals surface area contributed by atoms with Gasteiger partial charge in [-0.25, -0.2) is 9.97 Å². The Balaban J connectivity index is 0.00000218. The van der Waals surface area contributed by atoms with Crippen molar-refractivity contribution in [2.45, 2.75) is 13.8 Å². The van der Waals surface area contributed by atoms with Crippen molar-refractivity contribution in [3.8, 4) is 5.88 Å². The van der Waals surface area contributed by atoms with Crippen LogP contribution < -0.4 is 19.9 Å². The molecule has 2 fully saturated rings. The minimum absolute atomic E-state index is 0. The van der Waals surface area contributed by atoms with Crippen LogP contribution in [0.25, 0.3) is 20.4 Å². The molecule has 0 atom stereocenters. The molecule has 0 bridgehead atoms. The first-order valence-electron chi connectivity index (χ1n) is 10.3. The number of anilines is 2. The van der Waals surface area contributed by atoms with E-state index in [1.165, 1.54) is 17.1 Å². The fourth-order valence-electron chi connectivity index (χ4n) is 3.96. The SMILES string of the molecule is CCOc1nc(N2CCNCC2)nc2c1sc1nc(N3CCSCC3)cc(C)c12.Cl. The van der Waals surface area contributed by atoms with Gasteiger partial charge in [-0.3, -0.25) is 0 Å². The summed E-state index contributed by atoms with van der Waals surface area (Å²) in [6.07, 6.45) is 0. The highest BCUT2D eigenvalue weighted by molar-refractivity contribution is 7.99. The fraction of sp³-hybridized carbons (Fsp3) is 0.550. The third-order valence-corrected chi connectivity index (χ3v) is 7.45. The van der Waals surface area contributed by atoms with Gasteiger partial charge in [0.05, 0.1) is 6.61 Å². The molecule has 0 saturated carbocycles. The molecule has 2 aliphatic heterocycles. The Hall–Kier alpha value is -1.55. The highest BCUT2D eigenvalue weighted by atomic mass is 35.5. The number of halogens is 1. The number of aryl methyl sites for hydroxylation is 1. The fourth-order valence-corrected chi connectivity index (χ4v) is 5.99. The number of hydrogen-bond acceptors (Lipinski definition) is 9. The molecule has 0 amide bonds. The summed E-state index contributed by atoms with van der Waals surface area (Å²) in [6, 6.07) is 2.22. The van der Waals surface area contributed by atoms with Crippen LogP contribution in [0.2, 0.25) is 0 Å². The van der Waals surface area contributed by atoms with Crippen molar-refractivity contribution in [1.29, 1.82) is 0 Å². The van der Waals surface area contributed by atoms with Crippen LogP contribution in [-0.2, 0) is 0 Å². The summed E-state index contributed by atoms with van der Waals surface area (Å²) in [6.45, 7) is 10.6. The first kappa shape index (κ1) is 21.7. The normalized spacial score (nSPS) is 17.4. The standard InChI is InChI=1S/C20H26N6OS2.ClH/c1-3-27-18-17-16(23-20(24-18)26-6-4-21-5-7-26)15-13(2)12-14(22-19(15)29-17)25-8-10-28-11-9-25;/h12,21H,3-11H2,1-2H3;1H. The van der Waals surface area contributed by atoms with Gasteiger partial charge in [-0.15, -0.1) is 23.7 Å². The molecule has 3 aromatic heterocycles. The summed E-state index contributed by atoms with van der Waals surface area (Å²) < 4.78 is 6.95. The molecule has 0 radical (unpaired) electrons. The van der Waals surface area contributed by atoms with E-state index in [1.807, 2.05) is 18.7 Å². The third kappa shape index (κ3) is 4.00. The van der Waals surface area contributed by atoms with Crippen LogP contribution in [0.15, 0.2) is 6.07 Å². The van der Waals surface area contributed by atoms with Gasteiger partial charge in [0.25, 0.3) is 0 Å². The average molecular weight is 467 g/mol. The molecular weight excluding hydrogens is 440 g/mol. The number of nitrogens with one attached hydrogen (secondary N) is 1. The predicted octanol–water partition coefficient (Wildman–Crippen LogP) is 3.33. The van der Waals surface area contributed by atoms with Gasteiger partial charge < -0.3 is 19.9 Å². The Bertz CT molecular complexity index is 1030. The van der Waals surface area contributed by atoms with E-state index >= 15 is 0 Å². The molecule has 162 valence electrons. The summed E-state index contributed by atoms with van der Waals surface area (Å²) in [5.74, 6) is 4.86. The van der Waals surface area contributed by atoms with E-state index in [9.17, 15) is 0 Å². The van der Waals surface area contributed by atoms with Gasteiger partial charge in [-0.2, -0.15) is 16.7 Å². The van der Waals surface area contributed by atoms with E-state index < -0.39 is 0 Å². The molecule has 0 aliphatic carbocycles. The number of aromatic nitrogens is 3. The van der Waals surface area contributed by atoms with Crippen LogP contribution in [0.5, 0.6) is 5.88 Å². The van der Waals surface area contributed by atoms with Crippen molar-refractivity contribution >= 4 is 67.7 Å². The van der Waals surface area contributed by atoms with Crippen molar-refractivity contribution in [3.05, 3.63) is 11.6 Å². The van der Waals surface area contributed by atoms with Gasteiger partial charge in [0.2, 0.25) is 11.8 Å². The van der Waals surface area contributed by atoms with Gasteiger partial charge in [0.1, 0.15) is 20.9 Å². The molecule has 2 saturated heterocycles. The van der Waals surface area contributed by atoms with Crippen LogP contribution in [0.4, 0.5) is 11.8 Å². The van der Waals surface area contributed by atoms with Crippen molar-refractivity contribution < 1.29 is 4.74 Å². The molecule has 5 rings (SSSR count). The summed E-state index contributed by atoms with van der Waals surface area (Å²) in [5.41, 5.74) is 2.20. The number of thiophene rings is 1. The van der Waals surface area contributed by atoms with Crippen LogP contribution in [-0.4, -0.2) is 72.3 Å². The Labute approximate surface area is 191 Å². The number of rotatable bonds is 4. The zero-order valence-electron chi connectivity index (χ0n) is 17.3. The lowest BCUT2D eigenvalue weighted by Gasteiger charge is -2.28. The Kier molecular flexibility index (Phi) is 6.72. The van der Waals surface area contributed by atoms with Crippen LogP contribution in [0.1, 0.15) is 12.5 Å². The number of hydrogen-bond donors (Lipinski definition) is 1. The molecule has 0 spiro atoms. The quantitative estimate of drug-likeness (QED) is 0.628. The zero-order valence-corrected chi connectivity index (χ0v) is 19.8. The Morgan fingerprint density at radius 3 is 2.57 bits per heavy atom. The lowest BCUT2D eigenvalue weighted by atomic mass is 10.2. The van der Waals surface area contributed by atoms with Gasteiger partial charge in [-0.05, 0) is 25.5 Å². The van der Waals surface area contributed by atoms with Gasteiger partial charge >= 0.3 is 0 Å². The molecule has 3 aromatic rings. The molecule has 0 unspecified atom stereocenters. The van der Waals surface area contributed by atoms with Crippen molar-refractivity contribution in [3.63, 3.8) is 0 Å². The average Bonchev–Trinajstić information content (AvgIpc) is 3.14. The van der Waals surface area contributed by atoms with Crippen molar-refractivity contribution in [2.24, 2.45) is 0 Å². The molecule has 30 heavy (non-hydrogen) atoms. The Morgan fingerprint density at radius 2 is 1.83 bits per heavy atom.